The van der Waals surface area contributed by atoms with Crippen molar-refractivity contribution in [3.05, 3.63) is 92.3 Å². The van der Waals surface area contributed by atoms with Crippen LogP contribution in [0.25, 0.3) is 10.2 Å². The third kappa shape index (κ3) is 3.10. The summed E-state index contributed by atoms with van der Waals surface area (Å²) in [5, 5.41) is 0.896. The lowest BCUT2D eigenvalue weighted by Crippen LogP contribution is -2.43. The van der Waals surface area contributed by atoms with E-state index in [1.54, 1.807) is 29.3 Å². The number of thiophene rings is 1. The first kappa shape index (κ1) is 21.4. The Bertz CT molecular complexity index is 1500. The zero-order valence-electron chi connectivity index (χ0n) is 20.3. The van der Waals surface area contributed by atoms with E-state index in [4.69, 9.17) is 9.72 Å². The lowest BCUT2D eigenvalue weighted by atomic mass is 9.55. The quantitative estimate of drug-likeness (QED) is 0.355. The molecule has 0 radical (unpaired) electrons. The lowest BCUT2D eigenvalue weighted by Gasteiger charge is -2.49. The molecule has 0 amide bonds. The van der Waals surface area contributed by atoms with Gasteiger partial charge in [0.15, 0.2) is 0 Å². The molecule has 3 aliphatic rings. The Morgan fingerprint density at radius 2 is 2.03 bits per heavy atom. The maximum absolute atomic E-state index is 13.8. The SMILES string of the molecule is COc1ccc2c(c1)CCC1C2CCC2(C)c3c(sc4ncn(Cc5ccccc5)c(=O)c34)CC12. The van der Waals surface area contributed by atoms with Crippen molar-refractivity contribution in [1.29, 1.82) is 0 Å². The fraction of sp³-hybridized carbons (Fsp3) is 0.400. The molecule has 178 valence electrons. The van der Waals surface area contributed by atoms with Gasteiger partial charge in [-0.25, -0.2) is 4.98 Å². The summed E-state index contributed by atoms with van der Waals surface area (Å²) < 4.78 is 7.30. The Labute approximate surface area is 209 Å². The third-order valence-corrected chi connectivity index (χ3v) is 10.4. The highest BCUT2D eigenvalue weighted by atomic mass is 32.1. The molecule has 0 saturated heterocycles. The van der Waals surface area contributed by atoms with Crippen molar-refractivity contribution in [2.24, 2.45) is 11.8 Å². The molecule has 0 bridgehead atoms. The molecule has 4 nitrogen and oxygen atoms in total. The highest BCUT2D eigenvalue weighted by molar-refractivity contribution is 7.18. The standard InChI is InChI=1S/C30H30N2O2S/c1-30-13-12-22-21-11-9-20(34-2)14-19(21)8-10-23(22)24(30)15-25-27(30)26-28(35-25)31-17-32(29(26)33)16-18-6-4-3-5-7-18/h3-7,9,11,14,17,22-24H,8,10,12-13,15-16H2,1-2H3. The molecule has 35 heavy (non-hydrogen) atoms. The minimum Gasteiger partial charge on any atom is -0.497 e. The zero-order valence-corrected chi connectivity index (χ0v) is 21.1. The van der Waals surface area contributed by atoms with Crippen LogP contribution in [0.4, 0.5) is 0 Å². The maximum Gasteiger partial charge on any atom is 0.262 e. The summed E-state index contributed by atoms with van der Waals surface area (Å²) >= 11 is 1.77. The summed E-state index contributed by atoms with van der Waals surface area (Å²) in [5.74, 6) is 2.87. The number of aryl methyl sites for hydroxylation is 1. The van der Waals surface area contributed by atoms with Gasteiger partial charge < -0.3 is 4.74 Å². The molecule has 4 atom stereocenters. The molecule has 0 aliphatic heterocycles. The van der Waals surface area contributed by atoms with Crippen LogP contribution < -0.4 is 10.3 Å². The van der Waals surface area contributed by atoms with Crippen molar-refractivity contribution in [3.8, 4) is 5.75 Å². The van der Waals surface area contributed by atoms with Gasteiger partial charge in [-0.15, -0.1) is 11.3 Å². The second kappa shape index (κ2) is 7.79. The van der Waals surface area contributed by atoms with E-state index in [1.165, 1.54) is 34.4 Å². The van der Waals surface area contributed by atoms with E-state index in [2.05, 4.69) is 37.3 Å². The topological polar surface area (TPSA) is 44.1 Å². The van der Waals surface area contributed by atoms with Gasteiger partial charge in [0, 0.05) is 4.88 Å². The fourth-order valence-electron chi connectivity index (χ4n) is 7.61. The molecule has 2 aromatic heterocycles. The van der Waals surface area contributed by atoms with E-state index in [1.807, 2.05) is 18.2 Å². The molecule has 1 saturated carbocycles. The van der Waals surface area contributed by atoms with E-state index in [0.29, 0.717) is 24.3 Å². The van der Waals surface area contributed by atoms with Crippen molar-refractivity contribution in [2.45, 2.75) is 56.9 Å². The van der Waals surface area contributed by atoms with Crippen molar-refractivity contribution in [1.82, 2.24) is 9.55 Å². The number of aromatic nitrogens is 2. The molecule has 2 heterocycles. The van der Waals surface area contributed by atoms with Gasteiger partial charge in [-0.05, 0) is 89.7 Å². The molecule has 4 aromatic rings. The molecule has 2 aromatic carbocycles. The van der Waals surface area contributed by atoms with E-state index < -0.39 is 0 Å². The van der Waals surface area contributed by atoms with Crippen LogP contribution in [0.3, 0.4) is 0 Å². The molecule has 4 unspecified atom stereocenters. The number of fused-ring (bicyclic) bond motifs is 9. The molecule has 0 N–H and O–H groups in total. The fourth-order valence-corrected chi connectivity index (χ4v) is 8.93. The minimum absolute atomic E-state index is 0.0610. The maximum atomic E-state index is 13.8. The Kier molecular flexibility index (Phi) is 4.76. The van der Waals surface area contributed by atoms with Gasteiger partial charge in [0.05, 0.1) is 25.4 Å². The van der Waals surface area contributed by atoms with Gasteiger partial charge >= 0.3 is 0 Å². The average Bonchev–Trinajstić information content (AvgIpc) is 3.40. The monoisotopic (exact) mass is 482 g/mol. The predicted octanol–water partition coefficient (Wildman–Crippen LogP) is 6.08. The predicted molar refractivity (Wildman–Crippen MR) is 141 cm³/mol. The summed E-state index contributed by atoms with van der Waals surface area (Å²) in [6.07, 6.45) is 7.51. The third-order valence-electron chi connectivity index (χ3n) is 9.25. The van der Waals surface area contributed by atoms with Crippen molar-refractivity contribution >= 4 is 21.6 Å². The van der Waals surface area contributed by atoms with E-state index in [0.717, 1.165) is 40.8 Å². The lowest BCUT2D eigenvalue weighted by molar-refractivity contribution is 0.106. The number of nitrogens with zero attached hydrogens (tertiary/aromatic N) is 2. The number of benzene rings is 2. The number of rotatable bonds is 3. The normalized spacial score (nSPS) is 26.6. The number of hydrogen-bond acceptors (Lipinski definition) is 4. The Morgan fingerprint density at radius 3 is 2.86 bits per heavy atom. The van der Waals surface area contributed by atoms with Gasteiger partial charge in [-0.2, -0.15) is 0 Å². The van der Waals surface area contributed by atoms with Crippen LogP contribution in [0, 0.1) is 11.8 Å². The number of methoxy groups -OCH3 is 1. The molecule has 1 fully saturated rings. The molecular weight excluding hydrogens is 452 g/mol. The molecular formula is C30H30N2O2S. The second-order valence-electron chi connectivity index (χ2n) is 10.9. The number of hydrogen-bond donors (Lipinski definition) is 0. The van der Waals surface area contributed by atoms with Crippen molar-refractivity contribution < 1.29 is 4.74 Å². The van der Waals surface area contributed by atoms with Crippen molar-refractivity contribution in [2.75, 3.05) is 7.11 Å². The largest absolute Gasteiger partial charge is 0.497 e. The highest BCUT2D eigenvalue weighted by Gasteiger charge is 2.54. The number of ether oxygens (including phenoxy) is 1. The van der Waals surface area contributed by atoms with E-state index in [-0.39, 0.29) is 11.0 Å². The van der Waals surface area contributed by atoms with Crippen LogP contribution in [0.2, 0.25) is 0 Å². The smallest absolute Gasteiger partial charge is 0.262 e. The van der Waals surface area contributed by atoms with Gasteiger partial charge in [0.25, 0.3) is 5.56 Å². The summed E-state index contributed by atoms with van der Waals surface area (Å²) in [7, 11) is 1.75. The molecule has 0 spiro atoms. The molecule has 7 rings (SSSR count). The molecule has 5 heteroatoms. The molecule has 3 aliphatic carbocycles. The van der Waals surface area contributed by atoms with Crippen LogP contribution in [0.1, 0.15) is 59.2 Å². The van der Waals surface area contributed by atoms with E-state index >= 15 is 0 Å². The summed E-state index contributed by atoms with van der Waals surface area (Å²) in [4.78, 5) is 20.9. The summed E-state index contributed by atoms with van der Waals surface area (Å²) in [5.41, 5.74) is 5.66. The Hall–Kier alpha value is -2.92. The summed E-state index contributed by atoms with van der Waals surface area (Å²) in [6.45, 7) is 3.02. The van der Waals surface area contributed by atoms with Crippen LogP contribution in [0.5, 0.6) is 5.75 Å². The van der Waals surface area contributed by atoms with Crippen LogP contribution in [0.15, 0.2) is 59.7 Å². The van der Waals surface area contributed by atoms with Crippen LogP contribution in [-0.4, -0.2) is 16.7 Å². The zero-order chi connectivity index (χ0) is 23.7. The van der Waals surface area contributed by atoms with Gasteiger partial charge in [0.2, 0.25) is 0 Å². The first-order valence-electron chi connectivity index (χ1n) is 12.8. The first-order valence-corrected chi connectivity index (χ1v) is 13.6. The Morgan fingerprint density at radius 1 is 1.17 bits per heavy atom. The second-order valence-corrected chi connectivity index (χ2v) is 12.0. The van der Waals surface area contributed by atoms with Gasteiger partial charge in [0.1, 0.15) is 10.6 Å². The van der Waals surface area contributed by atoms with Crippen LogP contribution in [-0.2, 0) is 24.8 Å². The Balaban J connectivity index is 1.28. The van der Waals surface area contributed by atoms with Gasteiger partial charge in [-0.3, -0.25) is 9.36 Å². The van der Waals surface area contributed by atoms with E-state index in [9.17, 15) is 4.79 Å². The first-order chi connectivity index (χ1) is 17.1. The van der Waals surface area contributed by atoms with Gasteiger partial charge in [-0.1, -0.05) is 43.3 Å². The van der Waals surface area contributed by atoms with Crippen LogP contribution >= 0.6 is 11.3 Å². The van der Waals surface area contributed by atoms with Crippen molar-refractivity contribution in [3.63, 3.8) is 0 Å². The minimum atomic E-state index is 0.0610. The summed E-state index contributed by atoms with van der Waals surface area (Å²) in [6, 6.07) is 16.9. The highest BCUT2D eigenvalue weighted by Crippen LogP contribution is 2.62. The average molecular weight is 483 g/mol.